The minimum Gasteiger partial charge on any atom is -0.385 e. The summed E-state index contributed by atoms with van der Waals surface area (Å²) in [6.45, 7) is 11.3. The number of hydrogen-bond acceptors (Lipinski definition) is 4. The van der Waals surface area contributed by atoms with Crippen molar-refractivity contribution in [1.29, 1.82) is 0 Å². The normalized spacial score (nSPS) is 10.5. The molecule has 0 amide bonds. The molecule has 0 bridgehead atoms. The van der Waals surface area contributed by atoms with Crippen molar-refractivity contribution in [3.05, 3.63) is 88.7 Å². The second-order valence-corrected chi connectivity index (χ2v) is 9.19. The maximum absolute atomic E-state index is 4.68. The van der Waals surface area contributed by atoms with Crippen molar-refractivity contribution in [3.63, 3.8) is 0 Å². The van der Waals surface area contributed by atoms with Gasteiger partial charge in [-0.15, -0.1) is 11.8 Å². The molecule has 6 heteroatoms. The fourth-order valence-electron chi connectivity index (χ4n) is 3.25. The monoisotopic (exact) mass is 508 g/mol. The highest BCUT2D eigenvalue weighted by Crippen LogP contribution is 2.25. The van der Waals surface area contributed by atoms with E-state index in [1.165, 1.54) is 16.0 Å². The number of benzene rings is 2. The number of nitrogens with one attached hydrogen (secondary N) is 1. The highest BCUT2D eigenvalue weighted by atomic mass is 79.9. The van der Waals surface area contributed by atoms with Crippen LogP contribution in [0.2, 0.25) is 0 Å². The molecule has 0 spiro atoms. The molecule has 0 radical (unpaired) electrons. The van der Waals surface area contributed by atoms with Crippen LogP contribution in [0.1, 0.15) is 30.2 Å². The van der Waals surface area contributed by atoms with Crippen LogP contribution in [-0.4, -0.2) is 27.4 Å². The van der Waals surface area contributed by atoms with Crippen LogP contribution in [-0.2, 0) is 0 Å². The number of nitrogens with zero attached hydrogens (tertiary/aromatic N) is 3. The molecule has 0 fully saturated rings. The molecule has 4 rings (SSSR count). The molecule has 0 aliphatic carbocycles. The highest BCUT2D eigenvalue weighted by Gasteiger charge is 2.10. The van der Waals surface area contributed by atoms with Crippen molar-refractivity contribution in [2.75, 3.05) is 12.8 Å². The van der Waals surface area contributed by atoms with Crippen LogP contribution in [0.5, 0.6) is 0 Å². The van der Waals surface area contributed by atoms with Gasteiger partial charge in [0, 0.05) is 28.4 Å². The maximum atomic E-state index is 4.68. The molecule has 0 saturated carbocycles. The third kappa shape index (κ3) is 5.81. The molecule has 2 aromatic carbocycles. The molecule has 2 aromatic heterocycles. The zero-order valence-corrected chi connectivity index (χ0v) is 21.4. The molecule has 0 aliphatic rings. The van der Waals surface area contributed by atoms with Crippen LogP contribution in [0.25, 0.3) is 22.6 Å². The Morgan fingerprint density at radius 2 is 1.84 bits per heavy atom. The second kappa shape index (κ2) is 11.3. The maximum Gasteiger partial charge on any atom is 0.170 e. The van der Waals surface area contributed by atoms with E-state index in [1.54, 1.807) is 18.0 Å². The Morgan fingerprint density at radius 3 is 2.50 bits per heavy atom. The third-order valence-corrected chi connectivity index (χ3v) is 6.36. The number of rotatable bonds is 6. The Balaban J connectivity index is 0.000000188. The van der Waals surface area contributed by atoms with E-state index in [4.69, 9.17) is 0 Å². The summed E-state index contributed by atoms with van der Waals surface area (Å²) in [5.41, 5.74) is 7.49. The highest BCUT2D eigenvalue weighted by molar-refractivity contribution is 9.10. The summed E-state index contributed by atoms with van der Waals surface area (Å²) < 4.78 is 2.76. The molecule has 4 aromatic rings. The zero-order valence-electron chi connectivity index (χ0n) is 19.0. The lowest BCUT2D eigenvalue weighted by Gasteiger charge is -2.08. The van der Waals surface area contributed by atoms with Crippen LogP contribution in [0.3, 0.4) is 0 Å². The standard InChI is InChI=1S/C14H12BrN3.C12H17NS/c1-9-5-3-4-6-11(9)13-7-10(2)18-14(17-13)12(15)8-16-18;1-4-9-13-10(2)11-5-7-12(14-3)8-6-11/h3-8H,1-2H3;5-8,13H,2,4,9H2,1,3H3. The van der Waals surface area contributed by atoms with Crippen LogP contribution in [0.4, 0.5) is 0 Å². The van der Waals surface area contributed by atoms with Gasteiger partial charge in [-0.2, -0.15) is 5.10 Å². The first-order valence-corrected chi connectivity index (χ1v) is 12.6. The average Bonchev–Trinajstić information content (AvgIpc) is 3.19. The quantitative estimate of drug-likeness (QED) is 0.280. The van der Waals surface area contributed by atoms with E-state index in [0.717, 1.165) is 45.7 Å². The van der Waals surface area contributed by atoms with Gasteiger partial charge in [-0.05, 0) is 71.8 Å². The minimum absolute atomic E-state index is 0.855. The Bertz CT molecular complexity index is 1200. The Labute approximate surface area is 203 Å². The Kier molecular flexibility index (Phi) is 8.53. The lowest BCUT2D eigenvalue weighted by Crippen LogP contribution is -2.11. The van der Waals surface area contributed by atoms with Gasteiger partial charge in [0.2, 0.25) is 0 Å². The molecule has 0 saturated heterocycles. The fraction of sp³-hybridized carbons (Fsp3) is 0.231. The summed E-state index contributed by atoms with van der Waals surface area (Å²) >= 11 is 5.24. The van der Waals surface area contributed by atoms with Gasteiger partial charge < -0.3 is 5.32 Å². The fourth-order valence-corrected chi connectivity index (χ4v) is 4.01. The third-order valence-electron chi connectivity index (χ3n) is 5.05. The first-order valence-electron chi connectivity index (χ1n) is 10.6. The summed E-state index contributed by atoms with van der Waals surface area (Å²) in [4.78, 5) is 5.97. The molecule has 0 atom stereocenters. The zero-order chi connectivity index (χ0) is 23.1. The van der Waals surface area contributed by atoms with Crippen LogP contribution in [0.15, 0.2) is 76.7 Å². The lowest BCUT2D eigenvalue weighted by atomic mass is 10.1. The minimum atomic E-state index is 0.855. The van der Waals surface area contributed by atoms with Crippen molar-refractivity contribution in [3.8, 4) is 11.3 Å². The molecule has 0 unspecified atom stereocenters. The number of aromatic nitrogens is 3. The van der Waals surface area contributed by atoms with Crippen molar-refractivity contribution in [2.45, 2.75) is 32.1 Å². The van der Waals surface area contributed by atoms with E-state index in [-0.39, 0.29) is 0 Å². The van der Waals surface area contributed by atoms with Crippen molar-refractivity contribution >= 4 is 39.0 Å². The summed E-state index contributed by atoms with van der Waals surface area (Å²) in [5, 5.41) is 7.57. The predicted octanol–water partition coefficient (Wildman–Crippen LogP) is 7.15. The Morgan fingerprint density at radius 1 is 1.12 bits per heavy atom. The molecule has 166 valence electrons. The number of halogens is 1. The second-order valence-electron chi connectivity index (χ2n) is 7.46. The number of aryl methyl sites for hydroxylation is 2. The molecular formula is C26H29BrN4S. The summed E-state index contributed by atoms with van der Waals surface area (Å²) in [5.74, 6) is 0. The van der Waals surface area contributed by atoms with Crippen LogP contribution >= 0.6 is 27.7 Å². The van der Waals surface area contributed by atoms with Crippen molar-refractivity contribution < 1.29 is 0 Å². The van der Waals surface area contributed by atoms with Crippen LogP contribution < -0.4 is 5.32 Å². The molecular weight excluding hydrogens is 480 g/mol. The van der Waals surface area contributed by atoms with Crippen molar-refractivity contribution in [1.82, 2.24) is 19.9 Å². The van der Waals surface area contributed by atoms with E-state index in [0.29, 0.717) is 0 Å². The summed E-state index contributed by atoms with van der Waals surface area (Å²) in [6.07, 6.45) is 4.98. The smallest absolute Gasteiger partial charge is 0.170 e. The van der Waals surface area contributed by atoms with E-state index in [9.17, 15) is 0 Å². The van der Waals surface area contributed by atoms with Gasteiger partial charge in [-0.1, -0.05) is 49.9 Å². The van der Waals surface area contributed by atoms with E-state index < -0.39 is 0 Å². The number of hydrogen-bond donors (Lipinski definition) is 1. The van der Waals surface area contributed by atoms with Gasteiger partial charge in [-0.3, -0.25) is 0 Å². The van der Waals surface area contributed by atoms with E-state index in [2.05, 4.69) is 100 Å². The van der Waals surface area contributed by atoms with Gasteiger partial charge in [0.15, 0.2) is 5.65 Å². The lowest BCUT2D eigenvalue weighted by molar-refractivity contribution is 0.824. The predicted molar refractivity (Wildman–Crippen MR) is 141 cm³/mol. The van der Waals surface area contributed by atoms with Gasteiger partial charge in [0.25, 0.3) is 0 Å². The first kappa shape index (κ1) is 24.1. The first-order chi connectivity index (χ1) is 15.4. The summed E-state index contributed by atoms with van der Waals surface area (Å²) in [7, 11) is 0. The topological polar surface area (TPSA) is 42.2 Å². The van der Waals surface area contributed by atoms with Crippen molar-refractivity contribution in [2.24, 2.45) is 0 Å². The molecule has 1 N–H and O–H groups in total. The summed E-state index contributed by atoms with van der Waals surface area (Å²) in [6, 6.07) is 18.8. The van der Waals surface area contributed by atoms with Gasteiger partial charge >= 0.3 is 0 Å². The molecule has 0 aliphatic heterocycles. The largest absolute Gasteiger partial charge is 0.385 e. The van der Waals surface area contributed by atoms with Gasteiger partial charge in [0.05, 0.1) is 16.4 Å². The molecule has 2 heterocycles. The number of thioether (sulfide) groups is 1. The van der Waals surface area contributed by atoms with E-state index >= 15 is 0 Å². The van der Waals surface area contributed by atoms with E-state index in [1.807, 2.05) is 23.6 Å². The van der Waals surface area contributed by atoms with Gasteiger partial charge in [0.1, 0.15) is 0 Å². The van der Waals surface area contributed by atoms with Gasteiger partial charge in [-0.25, -0.2) is 9.50 Å². The SMILES string of the molecule is C=C(NCCC)c1ccc(SC)cc1.Cc1ccccc1-c1cc(C)n2ncc(Br)c2n1. The average molecular weight is 510 g/mol. The number of fused-ring (bicyclic) bond motifs is 1. The Hall–Kier alpha value is -2.57. The molecule has 32 heavy (non-hydrogen) atoms. The van der Waals surface area contributed by atoms with Crippen LogP contribution in [0, 0.1) is 13.8 Å². The molecule has 4 nitrogen and oxygen atoms in total.